The number of rotatable bonds is 4. The summed E-state index contributed by atoms with van der Waals surface area (Å²) < 4.78 is 11.1. The number of carbonyl (C=O) groups is 1. The average molecular weight is 321 g/mol. The second-order valence-electron chi connectivity index (χ2n) is 5.50. The van der Waals surface area contributed by atoms with Crippen LogP contribution in [0.25, 0.3) is 11.4 Å². The molecule has 0 saturated heterocycles. The fraction of sp³-hybridized carbons (Fsp3) is 0.167. The molecule has 120 valence electrons. The first-order valence-corrected chi connectivity index (χ1v) is 7.69. The van der Waals surface area contributed by atoms with E-state index in [2.05, 4.69) is 15.3 Å². The molecule has 4 rings (SSSR count). The maximum absolute atomic E-state index is 11.9. The number of ether oxygens (including phenoxy) is 1. The van der Waals surface area contributed by atoms with Crippen molar-refractivity contribution in [2.75, 3.05) is 6.54 Å². The van der Waals surface area contributed by atoms with E-state index in [4.69, 9.17) is 9.15 Å². The van der Waals surface area contributed by atoms with Crippen LogP contribution in [0.5, 0.6) is 5.75 Å². The van der Waals surface area contributed by atoms with Crippen LogP contribution in [0.4, 0.5) is 0 Å². The lowest BCUT2D eigenvalue weighted by atomic mass is 10.1. The molecule has 6 nitrogen and oxygen atoms in total. The lowest BCUT2D eigenvalue weighted by Gasteiger charge is -2.12. The Labute approximate surface area is 138 Å². The molecule has 0 spiro atoms. The summed E-state index contributed by atoms with van der Waals surface area (Å²) in [6.07, 6.45) is 5.50. The number of hydrogen-bond acceptors (Lipinski definition) is 5. The number of benzene rings is 1. The van der Waals surface area contributed by atoms with Gasteiger partial charge in [0.1, 0.15) is 11.9 Å². The molecule has 0 bridgehead atoms. The van der Waals surface area contributed by atoms with Gasteiger partial charge in [0.15, 0.2) is 11.6 Å². The molecule has 6 heteroatoms. The van der Waals surface area contributed by atoms with Crippen molar-refractivity contribution in [2.24, 2.45) is 0 Å². The van der Waals surface area contributed by atoms with Crippen LogP contribution in [-0.2, 0) is 6.42 Å². The Bertz CT molecular complexity index is 847. The second kappa shape index (κ2) is 6.16. The van der Waals surface area contributed by atoms with E-state index in [1.807, 2.05) is 18.2 Å². The molecule has 1 N–H and O–H groups in total. The normalized spacial score (nSPS) is 15.6. The number of nitrogens with one attached hydrogen (secondary N) is 1. The van der Waals surface area contributed by atoms with Crippen LogP contribution in [0.15, 0.2) is 59.5 Å². The summed E-state index contributed by atoms with van der Waals surface area (Å²) in [4.78, 5) is 20.5. The van der Waals surface area contributed by atoms with Gasteiger partial charge in [-0.1, -0.05) is 12.1 Å². The molecule has 0 aliphatic carbocycles. The van der Waals surface area contributed by atoms with Gasteiger partial charge >= 0.3 is 0 Å². The standard InChI is InChI=1S/C18H15N3O3/c22-18(15-6-2-9-23-15)21-11-13-10-12-4-1-5-14(16(12)24-13)17-19-7-3-8-20-17/h1-9,13H,10-11H2,(H,21,22)/t13-/m0/s1. The van der Waals surface area contributed by atoms with Gasteiger partial charge in [-0.25, -0.2) is 9.97 Å². The molecule has 1 aromatic carbocycles. The third-order valence-corrected chi connectivity index (χ3v) is 3.87. The predicted octanol–water partition coefficient (Wildman–Crippen LogP) is 2.47. The first kappa shape index (κ1) is 14.4. The summed E-state index contributed by atoms with van der Waals surface area (Å²) in [5.74, 6) is 1.48. The second-order valence-corrected chi connectivity index (χ2v) is 5.50. The van der Waals surface area contributed by atoms with E-state index < -0.39 is 0 Å². The summed E-state index contributed by atoms with van der Waals surface area (Å²) in [7, 11) is 0. The molecule has 1 atom stereocenters. The lowest BCUT2D eigenvalue weighted by molar-refractivity contribution is 0.0906. The highest BCUT2D eigenvalue weighted by Gasteiger charge is 2.27. The Balaban J connectivity index is 1.47. The molecular formula is C18H15N3O3. The summed E-state index contributed by atoms with van der Waals surface area (Å²) >= 11 is 0. The summed E-state index contributed by atoms with van der Waals surface area (Å²) in [5, 5.41) is 2.83. The lowest BCUT2D eigenvalue weighted by Crippen LogP contribution is -2.34. The molecule has 0 unspecified atom stereocenters. The van der Waals surface area contributed by atoms with E-state index in [-0.39, 0.29) is 12.0 Å². The zero-order valence-electron chi connectivity index (χ0n) is 12.8. The molecular weight excluding hydrogens is 306 g/mol. The number of fused-ring (bicyclic) bond motifs is 1. The van der Waals surface area contributed by atoms with Gasteiger partial charge in [-0.05, 0) is 29.8 Å². The maximum atomic E-state index is 11.9. The third-order valence-electron chi connectivity index (χ3n) is 3.87. The Morgan fingerprint density at radius 1 is 1.17 bits per heavy atom. The summed E-state index contributed by atoms with van der Waals surface area (Å²) in [5.41, 5.74) is 1.96. The molecule has 1 aliphatic heterocycles. The van der Waals surface area contributed by atoms with Crippen LogP contribution in [0, 0.1) is 0 Å². The summed E-state index contributed by atoms with van der Waals surface area (Å²) in [6, 6.07) is 11.0. The van der Waals surface area contributed by atoms with Gasteiger partial charge in [0.2, 0.25) is 0 Å². The predicted molar refractivity (Wildman–Crippen MR) is 86.6 cm³/mol. The molecule has 1 amide bonds. The highest BCUT2D eigenvalue weighted by Crippen LogP contribution is 2.37. The van der Waals surface area contributed by atoms with Crippen LogP contribution in [-0.4, -0.2) is 28.5 Å². The minimum absolute atomic E-state index is 0.122. The zero-order chi connectivity index (χ0) is 16.4. The number of para-hydroxylation sites is 1. The number of amides is 1. The van der Waals surface area contributed by atoms with Crippen LogP contribution >= 0.6 is 0 Å². The van der Waals surface area contributed by atoms with Gasteiger partial charge in [-0.3, -0.25) is 4.79 Å². The smallest absolute Gasteiger partial charge is 0.287 e. The van der Waals surface area contributed by atoms with Crippen LogP contribution < -0.4 is 10.1 Å². The van der Waals surface area contributed by atoms with Gasteiger partial charge in [-0.2, -0.15) is 0 Å². The van der Waals surface area contributed by atoms with E-state index >= 15 is 0 Å². The number of carbonyl (C=O) groups excluding carboxylic acids is 1. The van der Waals surface area contributed by atoms with E-state index in [0.29, 0.717) is 18.1 Å². The van der Waals surface area contributed by atoms with Crippen LogP contribution in [0.2, 0.25) is 0 Å². The van der Waals surface area contributed by atoms with Crippen molar-refractivity contribution in [3.8, 4) is 17.1 Å². The van der Waals surface area contributed by atoms with Crippen molar-refractivity contribution in [3.63, 3.8) is 0 Å². The minimum atomic E-state index is -0.244. The van der Waals surface area contributed by atoms with Gasteiger partial charge in [0.25, 0.3) is 5.91 Å². The van der Waals surface area contributed by atoms with Crippen LogP contribution in [0.1, 0.15) is 16.1 Å². The quantitative estimate of drug-likeness (QED) is 0.799. The van der Waals surface area contributed by atoms with Crippen molar-refractivity contribution in [2.45, 2.75) is 12.5 Å². The molecule has 0 radical (unpaired) electrons. The number of aromatic nitrogens is 2. The van der Waals surface area contributed by atoms with Gasteiger partial charge in [0.05, 0.1) is 18.4 Å². The minimum Gasteiger partial charge on any atom is -0.487 e. The van der Waals surface area contributed by atoms with Crippen molar-refractivity contribution < 1.29 is 13.9 Å². The fourth-order valence-electron chi connectivity index (χ4n) is 2.77. The van der Waals surface area contributed by atoms with Crippen molar-refractivity contribution in [1.29, 1.82) is 0 Å². The van der Waals surface area contributed by atoms with E-state index in [1.54, 1.807) is 30.6 Å². The number of hydrogen-bond donors (Lipinski definition) is 1. The van der Waals surface area contributed by atoms with E-state index in [0.717, 1.165) is 23.3 Å². The molecule has 1 aliphatic rings. The Kier molecular flexibility index (Phi) is 3.70. The molecule has 0 fully saturated rings. The SMILES string of the molecule is O=C(NC[C@@H]1Cc2cccc(-c3ncccn3)c2O1)c1ccco1. The third kappa shape index (κ3) is 2.74. The van der Waals surface area contributed by atoms with Crippen LogP contribution in [0.3, 0.4) is 0 Å². The molecule has 3 aromatic rings. The molecule has 2 aromatic heterocycles. The Morgan fingerprint density at radius 2 is 2.04 bits per heavy atom. The maximum Gasteiger partial charge on any atom is 0.287 e. The average Bonchev–Trinajstić information content (AvgIpc) is 3.29. The topological polar surface area (TPSA) is 77.2 Å². The highest BCUT2D eigenvalue weighted by molar-refractivity contribution is 5.91. The molecule has 3 heterocycles. The van der Waals surface area contributed by atoms with E-state index in [9.17, 15) is 4.79 Å². The molecule has 24 heavy (non-hydrogen) atoms. The van der Waals surface area contributed by atoms with Gasteiger partial charge in [-0.15, -0.1) is 0 Å². The largest absolute Gasteiger partial charge is 0.487 e. The van der Waals surface area contributed by atoms with E-state index in [1.165, 1.54) is 6.26 Å². The zero-order valence-corrected chi connectivity index (χ0v) is 12.8. The van der Waals surface area contributed by atoms with Crippen molar-refractivity contribution >= 4 is 5.91 Å². The number of furan rings is 1. The highest BCUT2D eigenvalue weighted by atomic mass is 16.5. The fourth-order valence-corrected chi connectivity index (χ4v) is 2.77. The van der Waals surface area contributed by atoms with Crippen molar-refractivity contribution in [1.82, 2.24) is 15.3 Å². The summed E-state index contributed by atoms with van der Waals surface area (Å²) in [6.45, 7) is 0.406. The Hall–Kier alpha value is -3.15. The van der Waals surface area contributed by atoms with Crippen molar-refractivity contribution in [3.05, 3.63) is 66.4 Å². The first-order chi connectivity index (χ1) is 11.8. The van der Waals surface area contributed by atoms with Gasteiger partial charge in [0, 0.05) is 18.8 Å². The Morgan fingerprint density at radius 3 is 2.83 bits per heavy atom. The molecule has 0 saturated carbocycles. The number of nitrogens with zero attached hydrogens (tertiary/aromatic N) is 2. The first-order valence-electron chi connectivity index (χ1n) is 7.69. The van der Waals surface area contributed by atoms with Gasteiger partial charge < -0.3 is 14.5 Å². The monoisotopic (exact) mass is 321 g/mol.